The summed E-state index contributed by atoms with van der Waals surface area (Å²) in [6, 6.07) is 7.73. The van der Waals surface area contributed by atoms with E-state index in [2.05, 4.69) is 20.3 Å². The summed E-state index contributed by atoms with van der Waals surface area (Å²) in [5, 5.41) is 31.5. The topological polar surface area (TPSA) is 126 Å². The minimum absolute atomic E-state index is 0.193. The quantitative estimate of drug-likeness (QED) is 0.442. The number of hydrogen-bond acceptors (Lipinski definition) is 6. The van der Waals surface area contributed by atoms with E-state index in [-0.39, 0.29) is 13.2 Å². The Kier molecular flexibility index (Phi) is 3.40. The molecule has 3 aromatic heterocycles. The molecular weight excluding hydrogens is 308 g/mol. The number of rotatable bonds is 4. The summed E-state index contributed by atoms with van der Waals surface area (Å²) in [5.74, 6) is 0.379. The second-order valence-corrected chi connectivity index (χ2v) is 5.65. The first-order chi connectivity index (χ1) is 11.7. The van der Waals surface area contributed by atoms with Crippen molar-refractivity contribution in [1.82, 2.24) is 25.0 Å². The number of nitrogens with two attached hydrogens (primary N) is 1. The highest BCUT2D eigenvalue weighted by atomic mass is 16.3. The Labute approximate surface area is 136 Å². The molecule has 4 aromatic rings. The zero-order chi connectivity index (χ0) is 16.7. The number of hydrogen-bond donors (Lipinski definition) is 4. The predicted molar refractivity (Wildman–Crippen MR) is 90.1 cm³/mol. The number of benzene rings is 1. The zero-order valence-corrected chi connectivity index (χ0v) is 12.7. The molecule has 1 aromatic carbocycles. The number of aromatic amines is 1. The van der Waals surface area contributed by atoms with E-state index >= 15 is 0 Å². The van der Waals surface area contributed by atoms with Crippen LogP contribution < -0.4 is 5.73 Å². The third-order valence-electron chi connectivity index (χ3n) is 3.95. The van der Waals surface area contributed by atoms with Crippen molar-refractivity contribution in [2.75, 3.05) is 12.3 Å². The molecule has 0 saturated heterocycles. The van der Waals surface area contributed by atoms with Gasteiger partial charge in [-0.25, -0.2) is 4.98 Å². The van der Waals surface area contributed by atoms with E-state index in [0.717, 1.165) is 33.1 Å². The van der Waals surface area contributed by atoms with Gasteiger partial charge in [-0.1, -0.05) is 6.07 Å². The van der Waals surface area contributed by atoms with Crippen molar-refractivity contribution in [3.05, 3.63) is 36.7 Å². The van der Waals surface area contributed by atoms with E-state index in [1.54, 1.807) is 17.1 Å². The summed E-state index contributed by atoms with van der Waals surface area (Å²) in [7, 11) is 0. The van der Waals surface area contributed by atoms with Gasteiger partial charge in [0.1, 0.15) is 11.3 Å². The fraction of sp³-hybridized carbons (Fsp3) is 0.188. The van der Waals surface area contributed by atoms with Crippen LogP contribution in [0.2, 0.25) is 0 Å². The van der Waals surface area contributed by atoms with E-state index in [1.165, 1.54) is 0 Å². The summed E-state index contributed by atoms with van der Waals surface area (Å²) in [6.45, 7) is -0.128. The van der Waals surface area contributed by atoms with Gasteiger partial charge in [-0.3, -0.25) is 9.78 Å². The smallest absolute Gasteiger partial charge is 0.135 e. The lowest BCUT2D eigenvalue weighted by Crippen LogP contribution is -2.19. The van der Waals surface area contributed by atoms with Crippen LogP contribution in [-0.4, -0.2) is 47.9 Å². The molecule has 8 heteroatoms. The molecular formula is C16H16N6O2. The van der Waals surface area contributed by atoms with Crippen LogP contribution in [0.3, 0.4) is 0 Å². The van der Waals surface area contributed by atoms with Gasteiger partial charge in [0.25, 0.3) is 0 Å². The van der Waals surface area contributed by atoms with Crippen molar-refractivity contribution >= 4 is 27.6 Å². The van der Waals surface area contributed by atoms with Crippen LogP contribution in [0.4, 0.5) is 5.82 Å². The minimum atomic E-state index is -0.869. The molecule has 0 amide bonds. The van der Waals surface area contributed by atoms with Crippen LogP contribution in [0.1, 0.15) is 0 Å². The van der Waals surface area contributed by atoms with Gasteiger partial charge in [-0.15, -0.1) is 0 Å². The Balaban J connectivity index is 1.87. The average molecular weight is 324 g/mol. The van der Waals surface area contributed by atoms with Crippen molar-refractivity contribution in [1.29, 1.82) is 0 Å². The van der Waals surface area contributed by atoms with Gasteiger partial charge in [0, 0.05) is 23.3 Å². The van der Waals surface area contributed by atoms with Crippen LogP contribution in [0, 0.1) is 0 Å². The van der Waals surface area contributed by atoms with E-state index in [9.17, 15) is 5.11 Å². The highest BCUT2D eigenvalue weighted by Crippen LogP contribution is 2.29. The van der Waals surface area contributed by atoms with Crippen LogP contribution >= 0.6 is 0 Å². The van der Waals surface area contributed by atoms with Crippen molar-refractivity contribution in [3.63, 3.8) is 0 Å². The maximum absolute atomic E-state index is 9.59. The third kappa shape index (κ3) is 2.38. The number of anilines is 1. The number of aliphatic hydroxyl groups is 2. The lowest BCUT2D eigenvalue weighted by Gasteiger charge is -2.05. The van der Waals surface area contributed by atoms with Gasteiger partial charge < -0.3 is 15.9 Å². The Morgan fingerprint density at radius 1 is 1.25 bits per heavy atom. The largest absolute Gasteiger partial charge is 0.394 e. The van der Waals surface area contributed by atoms with Crippen molar-refractivity contribution in [2.45, 2.75) is 12.6 Å². The molecule has 3 heterocycles. The number of nitrogen functional groups attached to an aromatic ring is 1. The molecule has 122 valence electrons. The van der Waals surface area contributed by atoms with Crippen molar-refractivity contribution < 1.29 is 10.2 Å². The molecule has 1 unspecified atom stereocenters. The van der Waals surface area contributed by atoms with Crippen LogP contribution in [0.25, 0.3) is 33.1 Å². The Hall–Kier alpha value is -2.97. The standard InChI is InChI=1S/C16H16N6O2/c17-16-12-7-22(6-10(24)8-23)21-15(12)11-2-1-9(5-14(11)19-16)13-3-4-18-20-13/h1-5,7,10,23-24H,6,8H2,(H2,17,19)(H,18,20). The van der Waals surface area contributed by atoms with E-state index in [4.69, 9.17) is 10.8 Å². The van der Waals surface area contributed by atoms with Gasteiger partial charge in [-0.2, -0.15) is 10.2 Å². The van der Waals surface area contributed by atoms with Crippen molar-refractivity contribution in [3.8, 4) is 11.3 Å². The molecule has 0 aliphatic heterocycles. The van der Waals surface area contributed by atoms with Gasteiger partial charge in [0.15, 0.2) is 0 Å². The summed E-state index contributed by atoms with van der Waals surface area (Å²) >= 11 is 0. The number of nitrogens with one attached hydrogen (secondary N) is 1. The van der Waals surface area contributed by atoms with Gasteiger partial charge in [0.2, 0.25) is 0 Å². The molecule has 4 rings (SSSR count). The summed E-state index contributed by atoms with van der Waals surface area (Å²) in [6.07, 6.45) is 2.56. The molecule has 0 aliphatic rings. The molecule has 0 radical (unpaired) electrons. The highest BCUT2D eigenvalue weighted by molar-refractivity contribution is 6.08. The Morgan fingerprint density at radius 3 is 2.88 bits per heavy atom. The minimum Gasteiger partial charge on any atom is -0.394 e. The number of fused-ring (bicyclic) bond motifs is 3. The first-order valence-electron chi connectivity index (χ1n) is 7.51. The first kappa shape index (κ1) is 14.6. The van der Waals surface area contributed by atoms with Crippen LogP contribution in [-0.2, 0) is 6.54 Å². The lowest BCUT2D eigenvalue weighted by molar-refractivity contribution is 0.0784. The number of aromatic nitrogens is 5. The highest BCUT2D eigenvalue weighted by Gasteiger charge is 2.13. The molecule has 0 aliphatic carbocycles. The molecule has 1 atom stereocenters. The maximum atomic E-state index is 9.59. The molecule has 5 N–H and O–H groups in total. The molecule has 0 fully saturated rings. The molecule has 24 heavy (non-hydrogen) atoms. The lowest BCUT2D eigenvalue weighted by atomic mass is 10.1. The maximum Gasteiger partial charge on any atom is 0.135 e. The second-order valence-electron chi connectivity index (χ2n) is 5.65. The van der Waals surface area contributed by atoms with Gasteiger partial charge in [0.05, 0.1) is 35.9 Å². The van der Waals surface area contributed by atoms with E-state index in [1.807, 2.05) is 24.3 Å². The van der Waals surface area contributed by atoms with Crippen LogP contribution in [0.15, 0.2) is 36.7 Å². The van der Waals surface area contributed by atoms with Gasteiger partial charge in [-0.05, 0) is 18.2 Å². The number of pyridine rings is 1. The molecule has 0 bridgehead atoms. The zero-order valence-electron chi connectivity index (χ0n) is 12.7. The normalized spacial score (nSPS) is 12.9. The predicted octanol–water partition coefficient (Wildman–Crippen LogP) is 0.910. The van der Waals surface area contributed by atoms with Gasteiger partial charge >= 0.3 is 0 Å². The third-order valence-corrected chi connectivity index (χ3v) is 3.95. The summed E-state index contributed by atoms with van der Waals surface area (Å²) in [4.78, 5) is 4.47. The van der Waals surface area contributed by atoms with E-state index in [0.29, 0.717) is 5.82 Å². The SMILES string of the molecule is Nc1nc2cc(-c3ccn[nH]3)ccc2c2nn(CC(O)CO)cc12. The average Bonchev–Trinajstić information content (AvgIpc) is 3.24. The van der Waals surface area contributed by atoms with Crippen LogP contribution in [0.5, 0.6) is 0 Å². The number of H-pyrrole nitrogens is 1. The fourth-order valence-corrected chi connectivity index (χ4v) is 2.77. The summed E-state index contributed by atoms with van der Waals surface area (Å²) < 4.78 is 1.58. The molecule has 0 spiro atoms. The summed E-state index contributed by atoms with van der Waals surface area (Å²) in [5.41, 5.74) is 9.39. The fourth-order valence-electron chi connectivity index (χ4n) is 2.77. The molecule has 0 saturated carbocycles. The van der Waals surface area contributed by atoms with Crippen molar-refractivity contribution in [2.24, 2.45) is 0 Å². The Morgan fingerprint density at radius 2 is 2.12 bits per heavy atom. The monoisotopic (exact) mass is 324 g/mol. The Bertz CT molecular complexity index is 1010. The number of nitrogens with zero attached hydrogens (tertiary/aromatic N) is 4. The molecule has 8 nitrogen and oxygen atoms in total. The van der Waals surface area contributed by atoms with E-state index < -0.39 is 6.10 Å². The number of aliphatic hydroxyl groups excluding tert-OH is 2. The second kappa shape index (κ2) is 5.59. The first-order valence-corrected chi connectivity index (χ1v) is 7.51.